The van der Waals surface area contributed by atoms with Gasteiger partial charge >= 0.3 is 0 Å². The standard InChI is InChI=1S/C9H5N2O/c12-6-9-10-5-7-3-1-2-4-8(7)11-9/h1-5H. The fourth-order valence-electron chi connectivity index (χ4n) is 1.02. The lowest BCUT2D eigenvalue weighted by molar-refractivity contribution is 0.560. The van der Waals surface area contributed by atoms with Gasteiger partial charge in [0, 0.05) is 11.6 Å². The summed E-state index contributed by atoms with van der Waals surface area (Å²) in [6.07, 6.45) is 3.26. The Morgan fingerprint density at radius 1 is 1.25 bits per heavy atom. The van der Waals surface area contributed by atoms with Crippen LogP contribution in [-0.2, 0) is 4.79 Å². The molecule has 3 heteroatoms. The summed E-state index contributed by atoms with van der Waals surface area (Å²) in [5.74, 6) is 0.105. The molecule has 0 saturated heterocycles. The summed E-state index contributed by atoms with van der Waals surface area (Å²) in [6.45, 7) is 0. The van der Waals surface area contributed by atoms with Crippen LogP contribution in [-0.4, -0.2) is 16.3 Å². The van der Waals surface area contributed by atoms with E-state index < -0.39 is 0 Å². The maximum atomic E-state index is 10.2. The third-order valence-corrected chi connectivity index (χ3v) is 1.58. The maximum Gasteiger partial charge on any atom is 0.274 e. The molecule has 0 amide bonds. The lowest BCUT2D eigenvalue weighted by Gasteiger charge is -1.94. The zero-order valence-corrected chi connectivity index (χ0v) is 6.19. The van der Waals surface area contributed by atoms with Gasteiger partial charge in [-0.1, -0.05) is 18.2 Å². The van der Waals surface area contributed by atoms with E-state index in [9.17, 15) is 4.79 Å². The van der Waals surface area contributed by atoms with Gasteiger partial charge in [-0.05, 0) is 6.07 Å². The van der Waals surface area contributed by atoms with Crippen molar-refractivity contribution < 1.29 is 4.79 Å². The highest BCUT2D eigenvalue weighted by molar-refractivity contribution is 5.80. The average Bonchev–Trinajstić information content (AvgIpc) is 2.17. The van der Waals surface area contributed by atoms with Crippen LogP contribution in [0.3, 0.4) is 0 Å². The second kappa shape index (κ2) is 2.70. The minimum atomic E-state index is 0.105. The Labute approximate surface area is 69.1 Å². The molecule has 0 fully saturated rings. The molecule has 2 aromatic rings. The third kappa shape index (κ3) is 1.05. The van der Waals surface area contributed by atoms with Crippen LogP contribution in [0.25, 0.3) is 10.9 Å². The Hall–Kier alpha value is -1.77. The molecule has 12 heavy (non-hydrogen) atoms. The van der Waals surface area contributed by atoms with E-state index in [0.29, 0.717) is 0 Å². The van der Waals surface area contributed by atoms with Gasteiger partial charge in [0.15, 0.2) is 0 Å². The Morgan fingerprint density at radius 3 is 2.92 bits per heavy atom. The zero-order chi connectivity index (χ0) is 8.39. The van der Waals surface area contributed by atoms with E-state index in [1.807, 2.05) is 24.3 Å². The minimum Gasteiger partial charge on any atom is -0.281 e. The molecular weight excluding hydrogens is 152 g/mol. The van der Waals surface area contributed by atoms with Gasteiger partial charge < -0.3 is 0 Å². The zero-order valence-electron chi connectivity index (χ0n) is 6.19. The quantitative estimate of drug-likeness (QED) is 0.622. The predicted octanol–water partition coefficient (Wildman–Crippen LogP) is 1.09. The number of aromatic nitrogens is 2. The van der Waals surface area contributed by atoms with Gasteiger partial charge in [-0.2, -0.15) is 0 Å². The van der Waals surface area contributed by atoms with Gasteiger partial charge in [0.1, 0.15) is 0 Å². The molecule has 0 aliphatic carbocycles. The van der Waals surface area contributed by atoms with Crippen molar-refractivity contribution in [2.75, 3.05) is 0 Å². The molecule has 0 atom stereocenters. The molecule has 3 nitrogen and oxygen atoms in total. The van der Waals surface area contributed by atoms with Gasteiger partial charge in [0.05, 0.1) is 5.52 Å². The van der Waals surface area contributed by atoms with Crippen molar-refractivity contribution in [1.82, 2.24) is 9.97 Å². The SMILES string of the molecule is O=[C]c1ncc2ccccc2n1. The second-order valence-corrected chi connectivity index (χ2v) is 2.35. The highest BCUT2D eigenvalue weighted by Crippen LogP contribution is 2.08. The first-order valence-corrected chi connectivity index (χ1v) is 3.50. The van der Waals surface area contributed by atoms with Crippen LogP contribution in [0.4, 0.5) is 0 Å². The molecule has 57 valence electrons. The molecular formula is C9H5N2O. The Balaban J connectivity index is 2.75. The first-order chi connectivity index (χ1) is 5.90. The molecule has 0 aliphatic heterocycles. The molecule has 0 N–H and O–H groups in total. The minimum absolute atomic E-state index is 0.105. The summed E-state index contributed by atoms with van der Waals surface area (Å²) in [4.78, 5) is 17.9. The molecule has 0 aliphatic rings. The predicted molar refractivity (Wildman–Crippen MR) is 44.3 cm³/mol. The molecule has 1 heterocycles. The van der Waals surface area contributed by atoms with Gasteiger partial charge in [-0.15, -0.1) is 0 Å². The number of hydrogen-bond donors (Lipinski definition) is 0. The van der Waals surface area contributed by atoms with Crippen molar-refractivity contribution in [3.05, 3.63) is 36.3 Å². The van der Waals surface area contributed by atoms with Crippen molar-refractivity contribution in [1.29, 1.82) is 0 Å². The molecule has 1 aromatic heterocycles. The van der Waals surface area contributed by atoms with Crippen LogP contribution in [0.5, 0.6) is 0 Å². The van der Waals surface area contributed by atoms with E-state index >= 15 is 0 Å². The second-order valence-electron chi connectivity index (χ2n) is 2.35. The van der Waals surface area contributed by atoms with Crippen LogP contribution in [0.15, 0.2) is 30.5 Å². The van der Waals surface area contributed by atoms with E-state index in [2.05, 4.69) is 9.97 Å². The Kier molecular flexibility index (Phi) is 1.55. The molecule has 0 unspecified atom stereocenters. The average molecular weight is 157 g/mol. The molecule has 1 aromatic carbocycles. The summed E-state index contributed by atoms with van der Waals surface area (Å²) in [5, 5.41) is 0.927. The van der Waals surface area contributed by atoms with E-state index in [4.69, 9.17) is 0 Å². The van der Waals surface area contributed by atoms with Crippen molar-refractivity contribution >= 4 is 17.2 Å². The maximum absolute atomic E-state index is 10.2. The first-order valence-electron chi connectivity index (χ1n) is 3.50. The van der Waals surface area contributed by atoms with Crippen molar-refractivity contribution in [2.45, 2.75) is 0 Å². The summed E-state index contributed by atoms with van der Waals surface area (Å²) in [7, 11) is 0. The number of fused-ring (bicyclic) bond motifs is 1. The first kappa shape index (κ1) is 6.91. The topological polar surface area (TPSA) is 42.9 Å². The van der Waals surface area contributed by atoms with Crippen molar-refractivity contribution in [2.24, 2.45) is 0 Å². The van der Waals surface area contributed by atoms with Crippen molar-refractivity contribution in [3.8, 4) is 0 Å². The highest BCUT2D eigenvalue weighted by atomic mass is 16.1. The molecule has 0 spiro atoms. The lowest BCUT2D eigenvalue weighted by Crippen LogP contribution is -1.91. The monoisotopic (exact) mass is 157 g/mol. The van der Waals surface area contributed by atoms with E-state index in [0.717, 1.165) is 10.9 Å². The lowest BCUT2D eigenvalue weighted by atomic mass is 10.2. The number of carbonyl (C=O) groups excluding carboxylic acids is 1. The van der Waals surface area contributed by atoms with Gasteiger partial charge in [-0.25, -0.2) is 9.97 Å². The largest absolute Gasteiger partial charge is 0.281 e. The van der Waals surface area contributed by atoms with Gasteiger partial charge in [-0.3, -0.25) is 4.79 Å². The Bertz CT molecular complexity index is 426. The molecule has 2 rings (SSSR count). The number of benzene rings is 1. The molecule has 0 bridgehead atoms. The van der Waals surface area contributed by atoms with E-state index in [-0.39, 0.29) is 5.82 Å². The summed E-state index contributed by atoms with van der Waals surface area (Å²) in [5.41, 5.74) is 0.769. The normalized spacial score (nSPS) is 10.0. The fraction of sp³-hybridized carbons (Fsp3) is 0. The van der Waals surface area contributed by atoms with Crippen LogP contribution < -0.4 is 0 Å². The van der Waals surface area contributed by atoms with Crippen LogP contribution >= 0.6 is 0 Å². The number of para-hydroxylation sites is 1. The van der Waals surface area contributed by atoms with Gasteiger partial charge in [0.2, 0.25) is 5.82 Å². The highest BCUT2D eigenvalue weighted by Gasteiger charge is 1.96. The van der Waals surface area contributed by atoms with Crippen molar-refractivity contribution in [3.63, 3.8) is 0 Å². The summed E-state index contributed by atoms with van der Waals surface area (Å²) >= 11 is 0. The molecule has 0 saturated carbocycles. The summed E-state index contributed by atoms with van der Waals surface area (Å²) < 4.78 is 0. The van der Waals surface area contributed by atoms with Gasteiger partial charge in [0.25, 0.3) is 6.29 Å². The smallest absolute Gasteiger partial charge is 0.274 e. The van der Waals surface area contributed by atoms with Crippen LogP contribution in [0.2, 0.25) is 0 Å². The number of rotatable bonds is 1. The summed E-state index contributed by atoms with van der Waals surface area (Å²) in [6, 6.07) is 7.49. The third-order valence-electron chi connectivity index (χ3n) is 1.58. The number of hydrogen-bond acceptors (Lipinski definition) is 3. The van der Waals surface area contributed by atoms with Crippen LogP contribution in [0, 0.1) is 0 Å². The Morgan fingerprint density at radius 2 is 2.08 bits per heavy atom. The number of nitrogens with zero attached hydrogens (tertiary/aromatic N) is 2. The molecule has 1 radical (unpaired) electrons. The fourth-order valence-corrected chi connectivity index (χ4v) is 1.02. The van der Waals surface area contributed by atoms with E-state index in [1.54, 1.807) is 12.5 Å². The van der Waals surface area contributed by atoms with Crippen LogP contribution in [0.1, 0.15) is 5.82 Å². The van der Waals surface area contributed by atoms with E-state index in [1.165, 1.54) is 0 Å².